The molecule has 35 heavy (non-hydrogen) atoms. The minimum Gasteiger partial charge on any atom is -0.481 e. The minimum atomic E-state index is -4.60. The number of alkyl halides is 3. The van der Waals surface area contributed by atoms with Crippen LogP contribution in [0.15, 0.2) is 36.4 Å². The van der Waals surface area contributed by atoms with E-state index in [4.69, 9.17) is 0 Å². The van der Waals surface area contributed by atoms with Gasteiger partial charge in [-0.1, -0.05) is 12.1 Å². The Labute approximate surface area is 199 Å². The molecule has 0 aliphatic carbocycles. The van der Waals surface area contributed by atoms with Gasteiger partial charge >= 0.3 is 12.2 Å². The second-order valence-electron chi connectivity index (χ2n) is 8.69. The van der Waals surface area contributed by atoms with Crippen molar-refractivity contribution in [3.8, 4) is 5.75 Å². The summed E-state index contributed by atoms with van der Waals surface area (Å²) in [7, 11) is 2.01. The van der Waals surface area contributed by atoms with E-state index >= 15 is 0 Å². The maximum Gasteiger partial charge on any atom is 0.422 e. The maximum atomic E-state index is 14.2. The van der Waals surface area contributed by atoms with Crippen LogP contribution in [-0.2, 0) is 13.1 Å². The molecule has 1 N–H and O–H groups in total. The summed E-state index contributed by atoms with van der Waals surface area (Å²) in [6.45, 7) is 0.287. The summed E-state index contributed by atoms with van der Waals surface area (Å²) < 4.78 is 82.9. The Kier molecular flexibility index (Phi) is 8.87. The Morgan fingerprint density at radius 3 is 2.43 bits per heavy atom. The van der Waals surface area contributed by atoms with Crippen molar-refractivity contribution in [2.24, 2.45) is 5.92 Å². The molecule has 3 rings (SSSR count). The number of hydrogen-bond donors (Lipinski definition) is 1. The number of likely N-dealkylation sites (tertiary alicyclic amines) is 1. The molecule has 0 aromatic heterocycles. The highest BCUT2D eigenvalue weighted by Gasteiger charge is 2.29. The molecule has 11 heteroatoms. The van der Waals surface area contributed by atoms with E-state index in [-0.39, 0.29) is 24.6 Å². The summed E-state index contributed by atoms with van der Waals surface area (Å²) >= 11 is 0. The third-order valence-corrected chi connectivity index (χ3v) is 5.81. The Morgan fingerprint density at radius 1 is 1.09 bits per heavy atom. The summed E-state index contributed by atoms with van der Waals surface area (Å²) in [6, 6.07) is 6.02. The van der Waals surface area contributed by atoms with Crippen LogP contribution in [0.4, 0.5) is 31.1 Å². The van der Waals surface area contributed by atoms with Crippen LogP contribution in [0.2, 0.25) is 0 Å². The van der Waals surface area contributed by atoms with E-state index < -0.39 is 42.0 Å². The first-order valence-corrected chi connectivity index (χ1v) is 11.1. The quantitative estimate of drug-likeness (QED) is 0.510. The molecular weight excluding hydrogens is 476 g/mol. The van der Waals surface area contributed by atoms with Crippen LogP contribution in [0.1, 0.15) is 24.0 Å². The highest BCUT2D eigenvalue weighted by molar-refractivity contribution is 5.74. The molecule has 2 amide bonds. The number of halogens is 6. The van der Waals surface area contributed by atoms with Gasteiger partial charge in [-0.3, -0.25) is 0 Å². The van der Waals surface area contributed by atoms with Crippen molar-refractivity contribution in [1.29, 1.82) is 0 Å². The Balaban J connectivity index is 1.65. The molecule has 192 valence electrons. The Morgan fingerprint density at radius 2 is 1.80 bits per heavy atom. The lowest BCUT2D eigenvalue weighted by Crippen LogP contribution is -2.44. The summed E-state index contributed by atoms with van der Waals surface area (Å²) in [4.78, 5) is 16.6. The van der Waals surface area contributed by atoms with Gasteiger partial charge in [0.25, 0.3) is 0 Å². The average Bonchev–Trinajstić information content (AvgIpc) is 2.78. The molecule has 1 aliphatic rings. The molecule has 0 unspecified atom stereocenters. The summed E-state index contributed by atoms with van der Waals surface area (Å²) in [5.41, 5.74) is 0.467. The van der Waals surface area contributed by atoms with Crippen molar-refractivity contribution >= 4 is 6.03 Å². The van der Waals surface area contributed by atoms with Gasteiger partial charge < -0.3 is 19.9 Å². The first-order valence-electron chi connectivity index (χ1n) is 11.1. The van der Waals surface area contributed by atoms with E-state index in [0.717, 1.165) is 50.2 Å². The lowest BCUT2D eigenvalue weighted by molar-refractivity contribution is -0.153. The fraction of sp³-hybridized carbons (Fsp3) is 0.458. The van der Waals surface area contributed by atoms with Gasteiger partial charge in [0.1, 0.15) is 11.6 Å². The van der Waals surface area contributed by atoms with Crippen molar-refractivity contribution < 1.29 is 35.9 Å². The van der Waals surface area contributed by atoms with E-state index in [9.17, 15) is 31.1 Å². The number of benzene rings is 2. The highest BCUT2D eigenvalue weighted by Crippen LogP contribution is 2.23. The first kappa shape index (κ1) is 26.7. The standard InChI is InChI=1S/C24H27F6N3O2/c1-32-8-6-16(7-9-32)13-33(14-18-3-4-19(25)11-20(18)26)23(34)31-12-17-2-5-22(21(27)10-17)35-15-24(28,29)30/h2-5,10-11,16H,6-9,12-15H2,1H3,(H,31,34). The van der Waals surface area contributed by atoms with Gasteiger partial charge in [-0.25, -0.2) is 18.0 Å². The zero-order valence-electron chi connectivity index (χ0n) is 19.2. The number of amides is 2. The van der Waals surface area contributed by atoms with E-state index in [1.54, 1.807) is 0 Å². The lowest BCUT2D eigenvalue weighted by Gasteiger charge is -2.33. The van der Waals surface area contributed by atoms with E-state index in [1.807, 2.05) is 7.05 Å². The summed E-state index contributed by atoms with van der Waals surface area (Å²) in [6.07, 6.45) is -2.88. The number of nitrogens with zero attached hydrogens (tertiary/aromatic N) is 2. The third kappa shape index (κ3) is 8.34. The zero-order chi connectivity index (χ0) is 25.6. The number of piperidine rings is 1. The SMILES string of the molecule is CN1CCC(CN(Cc2ccc(F)cc2F)C(=O)NCc2ccc(OCC(F)(F)F)c(F)c2)CC1. The van der Waals surface area contributed by atoms with Crippen molar-refractivity contribution in [1.82, 2.24) is 15.1 Å². The molecule has 1 heterocycles. The maximum absolute atomic E-state index is 14.2. The van der Waals surface area contributed by atoms with Crippen LogP contribution < -0.4 is 10.1 Å². The molecule has 0 spiro atoms. The molecule has 1 saturated heterocycles. The highest BCUT2D eigenvalue weighted by atomic mass is 19.4. The minimum absolute atomic E-state index is 0.0805. The van der Waals surface area contributed by atoms with E-state index in [1.165, 1.54) is 17.0 Å². The molecule has 5 nitrogen and oxygen atoms in total. The van der Waals surface area contributed by atoms with Gasteiger partial charge in [-0.05, 0) is 62.7 Å². The number of ether oxygens (including phenoxy) is 1. The van der Waals surface area contributed by atoms with Gasteiger partial charge in [-0.15, -0.1) is 0 Å². The summed E-state index contributed by atoms with van der Waals surface area (Å²) in [5.74, 6) is -2.82. The van der Waals surface area contributed by atoms with Gasteiger partial charge in [0.15, 0.2) is 18.2 Å². The lowest BCUT2D eigenvalue weighted by atomic mass is 9.96. The monoisotopic (exact) mass is 503 g/mol. The topological polar surface area (TPSA) is 44.8 Å². The predicted molar refractivity (Wildman–Crippen MR) is 117 cm³/mol. The van der Waals surface area contributed by atoms with E-state index in [2.05, 4.69) is 15.0 Å². The number of carbonyl (C=O) groups is 1. The molecule has 0 radical (unpaired) electrons. The normalized spacial score (nSPS) is 15.2. The number of carbonyl (C=O) groups excluding carboxylic acids is 1. The van der Waals surface area contributed by atoms with Gasteiger partial charge in [0.2, 0.25) is 0 Å². The average molecular weight is 503 g/mol. The molecule has 0 bridgehead atoms. The second kappa shape index (κ2) is 11.7. The molecule has 0 saturated carbocycles. The van der Waals surface area contributed by atoms with Crippen LogP contribution in [0.25, 0.3) is 0 Å². The van der Waals surface area contributed by atoms with Crippen molar-refractivity contribution in [3.05, 3.63) is 65.0 Å². The molecular formula is C24H27F6N3O2. The molecule has 2 aromatic carbocycles. The number of nitrogens with one attached hydrogen (secondary N) is 1. The van der Waals surface area contributed by atoms with Crippen LogP contribution in [0.3, 0.4) is 0 Å². The summed E-state index contributed by atoms with van der Waals surface area (Å²) in [5, 5.41) is 2.64. The largest absolute Gasteiger partial charge is 0.481 e. The van der Waals surface area contributed by atoms with Crippen LogP contribution >= 0.6 is 0 Å². The molecule has 0 atom stereocenters. The van der Waals surface area contributed by atoms with Gasteiger partial charge in [0, 0.05) is 24.7 Å². The first-order chi connectivity index (χ1) is 16.5. The fourth-order valence-corrected chi connectivity index (χ4v) is 3.85. The number of hydrogen-bond acceptors (Lipinski definition) is 3. The van der Waals surface area contributed by atoms with Crippen molar-refractivity contribution in [2.45, 2.75) is 32.1 Å². The molecule has 1 aliphatic heterocycles. The number of rotatable bonds is 8. The van der Waals surface area contributed by atoms with Crippen LogP contribution in [-0.4, -0.2) is 55.3 Å². The molecule has 2 aromatic rings. The Hall–Kier alpha value is -2.95. The van der Waals surface area contributed by atoms with Crippen LogP contribution in [0.5, 0.6) is 5.75 Å². The predicted octanol–water partition coefficient (Wildman–Crippen LogP) is 5.10. The third-order valence-electron chi connectivity index (χ3n) is 5.81. The second-order valence-corrected chi connectivity index (χ2v) is 8.69. The van der Waals surface area contributed by atoms with Crippen molar-refractivity contribution in [2.75, 3.05) is 33.3 Å². The molecule has 1 fully saturated rings. The fourth-order valence-electron chi connectivity index (χ4n) is 3.85. The van der Waals surface area contributed by atoms with Gasteiger partial charge in [0.05, 0.1) is 6.54 Å². The smallest absolute Gasteiger partial charge is 0.422 e. The van der Waals surface area contributed by atoms with Crippen molar-refractivity contribution in [3.63, 3.8) is 0 Å². The van der Waals surface area contributed by atoms with Gasteiger partial charge in [-0.2, -0.15) is 13.2 Å². The zero-order valence-corrected chi connectivity index (χ0v) is 19.2. The van der Waals surface area contributed by atoms with Crippen LogP contribution in [0, 0.1) is 23.4 Å². The number of urea groups is 1. The Bertz CT molecular complexity index is 1010. The van der Waals surface area contributed by atoms with E-state index in [0.29, 0.717) is 12.1 Å².